The Labute approximate surface area is 392 Å². The van der Waals surface area contributed by atoms with E-state index in [1.54, 1.807) is 6.07 Å². The molecule has 4 unspecified atom stereocenters. The molecule has 66 heavy (non-hydrogen) atoms. The first kappa shape index (κ1) is 43.1. The molecule has 5 atom stereocenters. The average molecular weight is 891 g/mol. The minimum atomic E-state index is -0.548. The van der Waals surface area contributed by atoms with E-state index in [1.807, 2.05) is 79.0 Å². The second-order valence-electron chi connectivity index (χ2n) is 18.9. The van der Waals surface area contributed by atoms with Gasteiger partial charge < -0.3 is 19.1 Å². The van der Waals surface area contributed by atoms with Gasteiger partial charge in [-0.2, -0.15) is 4.98 Å². The summed E-state index contributed by atoms with van der Waals surface area (Å²) in [6, 6.07) is 53.2. The molecule has 1 N–H and O–H groups in total. The van der Waals surface area contributed by atoms with Gasteiger partial charge in [0.2, 0.25) is 5.88 Å². The number of quaternary nitrogens is 1. The number of aromatic nitrogens is 3. The van der Waals surface area contributed by atoms with Crippen LogP contribution >= 0.6 is 11.6 Å². The quantitative estimate of drug-likeness (QED) is 0.0748. The highest BCUT2D eigenvalue weighted by molar-refractivity contribution is 6.32. The van der Waals surface area contributed by atoms with E-state index in [4.69, 9.17) is 36.0 Å². The van der Waals surface area contributed by atoms with Crippen LogP contribution in [0, 0.1) is 11.8 Å². The van der Waals surface area contributed by atoms with Crippen molar-refractivity contribution in [2.45, 2.75) is 57.9 Å². The second-order valence-corrected chi connectivity index (χ2v) is 19.2. The number of phenolic OH excluding ortho intramolecular Hbond substituents is 1. The van der Waals surface area contributed by atoms with Crippen molar-refractivity contribution in [3.05, 3.63) is 193 Å². The molecule has 0 aliphatic carbocycles. The molecule has 3 fully saturated rings. The fourth-order valence-corrected chi connectivity index (χ4v) is 10.8. The number of nitrogens with zero attached hydrogens (tertiary/aromatic N) is 4. The first-order valence-corrected chi connectivity index (χ1v) is 23.3. The van der Waals surface area contributed by atoms with Gasteiger partial charge in [-0.15, -0.1) is 6.58 Å². The smallest absolute Gasteiger partial charge is 0.227 e. The topological polar surface area (TPSA) is 77.4 Å². The Morgan fingerprint density at radius 3 is 1.98 bits per heavy atom. The summed E-state index contributed by atoms with van der Waals surface area (Å²) in [5.41, 5.74) is 9.10. The number of pyridine rings is 1. The molecule has 11 rings (SSSR count). The van der Waals surface area contributed by atoms with E-state index in [9.17, 15) is 5.11 Å². The number of piperidine rings is 3. The van der Waals surface area contributed by atoms with Crippen molar-refractivity contribution in [2.75, 3.05) is 13.1 Å². The summed E-state index contributed by atoms with van der Waals surface area (Å²) in [5.74, 6) is 2.64. The molecular formula is C58H54ClN4O3+. The Morgan fingerprint density at radius 2 is 1.38 bits per heavy atom. The summed E-state index contributed by atoms with van der Waals surface area (Å²) in [5, 5.41) is 12.2. The van der Waals surface area contributed by atoms with Gasteiger partial charge in [-0.25, -0.2) is 4.98 Å². The highest BCUT2D eigenvalue weighted by atomic mass is 35.5. The maximum Gasteiger partial charge on any atom is 0.227 e. The summed E-state index contributed by atoms with van der Waals surface area (Å²) in [6.07, 6.45) is 5.43. The van der Waals surface area contributed by atoms with Crippen molar-refractivity contribution >= 4 is 22.5 Å². The third kappa shape index (κ3) is 8.57. The molecule has 5 heterocycles. The Bertz CT molecular complexity index is 2960. The molecule has 6 aromatic carbocycles. The van der Waals surface area contributed by atoms with E-state index < -0.39 is 11.7 Å². The van der Waals surface area contributed by atoms with E-state index in [-0.39, 0.29) is 11.8 Å². The lowest BCUT2D eigenvalue weighted by atomic mass is 9.71. The van der Waals surface area contributed by atoms with Crippen LogP contribution in [0.1, 0.15) is 50.8 Å². The molecule has 8 aromatic rings. The van der Waals surface area contributed by atoms with Crippen LogP contribution < -0.4 is 9.47 Å². The summed E-state index contributed by atoms with van der Waals surface area (Å²) in [7, 11) is 0. The van der Waals surface area contributed by atoms with Crippen molar-refractivity contribution in [1.29, 1.82) is 0 Å². The van der Waals surface area contributed by atoms with Gasteiger partial charge in [-0.3, -0.25) is 4.98 Å². The fourth-order valence-electron chi connectivity index (χ4n) is 10.5. The Morgan fingerprint density at radius 1 is 0.773 bits per heavy atom. The van der Waals surface area contributed by atoms with Crippen LogP contribution in [0.2, 0.25) is 5.15 Å². The SMILES string of the molecule is C=CC1C[N+]2(Cc3cc(-c4ccccc4)c(OC(C)(C)C)c(-c4ccccc4)c3)CCC1CC2[C@H](Oc1nc(-c2ccccc2)nc(Cl)c1-c1ccccc1)c1ccnc2ccc(O)cc12. The lowest BCUT2D eigenvalue weighted by molar-refractivity contribution is -0.984. The Hall–Kier alpha value is -6.80. The van der Waals surface area contributed by atoms with E-state index in [2.05, 4.69) is 112 Å². The van der Waals surface area contributed by atoms with Crippen LogP contribution in [-0.2, 0) is 6.54 Å². The van der Waals surface area contributed by atoms with Gasteiger partial charge in [-0.05, 0) is 79.8 Å². The summed E-state index contributed by atoms with van der Waals surface area (Å²) >= 11 is 7.27. The first-order chi connectivity index (χ1) is 32.1. The molecule has 0 radical (unpaired) electrons. The number of ether oxygens (including phenoxy) is 2. The van der Waals surface area contributed by atoms with Crippen molar-refractivity contribution in [3.63, 3.8) is 0 Å². The molecule has 3 saturated heterocycles. The predicted molar refractivity (Wildman–Crippen MR) is 266 cm³/mol. The molecule has 2 bridgehead atoms. The minimum absolute atomic E-state index is 0.0590. The third-order valence-electron chi connectivity index (χ3n) is 13.5. The maximum absolute atomic E-state index is 11.0. The molecule has 330 valence electrons. The zero-order valence-electron chi connectivity index (χ0n) is 37.6. The monoisotopic (exact) mass is 889 g/mol. The number of hydrogen-bond donors (Lipinski definition) is 1. The normalized spacial score (nSPS) is 19.6. The number of rotatable bonds is 12. The lowest BCUT2D eigenvalue weighted by Gasteiger charge is -2.58. The van der Waals surface area contributed by atoms with E-state index in [0.717, 1.165) is 92.6 Å². The van der Waals surface area contributed by atoms with Crippen molar-refractivity contribution in [2.24, 2.45) is 11.8 Å². The molecule has 0 amide bonds. The third-order valence-corrected chi connectivity index (χ3v) is 13.8. The van der Waals surface area contributed by atoms with Gasteiger partial charge in [0.25, 0.3) is 0 Å². The average Bonchev–Trinajstić information content (AvgIpc) is 3.34. The summed E-state index contributed by atoms with van der Waals surface area (Å²) < 4.78 is 15.4. The van der Waals surface area contributed by atoms with Crippen LogP contribution in [0.5, 0.6) is 17.4 Å². The van der Waals surface area contributed by atoms with Gasteiger partial charge in [0.15, 0.2) is 11.9 Å². The standard InChI is InChI=1S/C58H53ClN4O3/c1-5-39-37-63(36-38-32-47(40-18-10-6-11-19-40)53(66-58(2,3)4)48(33-38)41-20-12-7-13-21-41)31-29-44(39)34-51(63)54(46-28-30-60-50-27-26-45(64)35-49(46)50)65-57-52(42-22-14-8-15-23-42)55(59)61-56(62-57)43-24-16-9-17-25-43/h5-28,30,32-33,35,39,44,51,54H,1,29,31,34,36-37H2,2-4H3/p+1/t39?,44?,51?,54-,63?/m1/s1. The lowest BCUT2D eigenvalue weighted by Crippen LogP contribution is -2.68. The van der Waals surface area contributed by atoms with Crippen molar-refractivity contribution < 1.29 is 19.1 Å². The van der Waals surface area contributed by atoms with Crippen LogP contribution in [0.4, 0.5) is 0 Å². The van der Waals surface area contributed by atoms with Gasteiger partial charge in [0.1, 0.15) is 34.8 Å². The Balaban J connectivity index is 1.19. The van der Waals surface area contributed by atoms with Crippen LogP contribution in [-0.4, -0.2) is 49.3 Å². The van der Waals surface area contributed by atoms with E-state index in [1.165, 1.54) is 5.56 Å². The largest absolute Gasteiger partial charge is 0.508 e. The van der Waals surface area contributed by atoms with E-state index in [0.29, 0.717) is 34.3 Å². The molecule has 3 aliphatic rings. The molecule has 0 spiro atoms. The first-order valence-electron chi connectivity index (χ1n) is 22.9. The zero-order valence-corrected chi connectivity index (χ0v) is 38.4. The van der Waals surface area contributed by atoms with Gasteiger partial charge >= 0.3 is 0 Å². The number of hydrogen-bond acceptors (Lipinski definition) is 6. The van der Waals surface area contributed by atoms with Gasteiger partial charge in [0.05, 0.1) is 24.2 Å². The highest BCUT2D eigenvalue weighted by Gasteiger charge is 2.55. The van der Waals surface area contributed by atoms with Crippen LogP contribution in [0.25, 0.3) is 55.7 Å². The van der Waals surface area contributed by atoms with Crippen molar-refractivity contribution in [1.82, 2.24) is 15.0 Å². The van der Waals surface area contributed by atoms with E-state index >= 15 is 0 Å². The number of benzene rings is 6. The number of aromatic hydroxyl groups is 1. The fraction of sp³-hybridized carbons (Fsp3) is 0.224. The molecule has 2 aromatic heterocycles. The van der Waals surface area contributed by atoms with Crippen LogP contribution in [0.15, 0.2) is 177 Å². The molecule has 7 nitrogen and oxygen atoms in total. The predicted octanol–water partition coefficient (Wildman–Crippen LogP) is 14.0. The molecule has 0 saturated carbocycles. The van der Waals surface area contributed by atoms with Gasteiger partial charge in [-0.1, -0.05) is 139 Å². The van der Waals surface area contributed by atoms with Gasteiger partial charge in [0, 0.05) is 58.2 Å². The second kappa shape index (κ2) is 17.9. The summed E-state index contributed by atoms with van der Waals surface area (Å²) in [6.45, 7) is 13.3. The number of phenols is 1. The number of fused-ring (bicyclic) bond motifs is 4. The number of halogens is 1. The minimum Gasteiger partial charge on any atom is -0.508 e. The molecule has 8 heteroatoms. The maximum atomic E-state index is 11.0. The summed E-state index contributed by atoms with van der Waals surface area (Å²) in [4.78, 5) is 14.9. The molecule has 3 aliphatic heterocycles. The highest BCUT2D eigenvalue weighted by Crippen LogP contribution is 2.51. The Kier molecular flexibility index (Phi) is 11.7. The zero-order chi connectivity index (χ0) is 45.4. The van der Waals surface area contributed by atoms with Crippen LogP contribution in [0.3, 0.4) is 0 Å². The van der Waals surface area contributed by atoms with Crippen molar-refractivity contribution in [3.8, 4) is 62.1 Å². The molecular weight excluding hydrogens is 836 g/mol.